The summed E-state index contributed by atoms with van der Waals surface area (Å²) in [5, 5.41) is 6.18. The molecule has 0 aromatic heterocycles. The summed E-state index contributed by atoms with van der Waals surface area (Å²) in [6, 6.07) is 7.48. The van der Waals surface area contributed by atoms with Crippen LogP contribution in [0.15, 0.2) is 24.3 Å². The average molecular weight is 289 g/mol. The quantitative estimate of drug-likeness (QED) is 0.877. The molecule has 5 nitrogen and oxygen atoms in total. The molecule has 5 heteroatoms. The van der Waals surface area contributed by atoms with Gasteiger partial charge < -0.3 is 15.5 Å². The Morgan fingerprint density at radius 1 is 1.29 bits per heavy atom. The summed E-state index contributed by atoms with van der Waals surface area (Å²) >= 11 is 0. The number of likely N-dealkylation sites (N-methyl/N-ethyl adjacent to an activating group) is 1. The number of nitrogens with zero attached hydrogens (tertiary/aromatic N) is 1. The summed E-state index contributed by atoms with van der Waals surface area (Å²) in [7, 11) is 3.49. The number of rotatable bonds is 4. The lowest BCUT2D eigenvalue weighted by molar-refractivity contribution is -0.128. The number of piperidine rings is 1. The van der Waals surface area contributed by atoms with Gasteiger partial charge in [-0.2, -0.15) is 0 Å². The highest BCUT2D eigenvalue weighted by Crippen LogP contribution is 2.15. The van der Waals surface area contributed by atoms with Gasteiger partial charge in [0.1, 0.15) is 0 Å². The van der Waals surface area contributed by atoms with Gasteiger partial charge in [-0.25, -0.2) is 0 Å². The Morgan fingerprint density at radius 3 is 2.57 bits per heavy atom. The van der Waals surface area contributed by atoms with Crippen molar-refractivity contribution in [1.29, 1.82) is 0 Å². The van der Waals surface area contributed by atoms with Crippen LogP contribution in [0.5, 0.6) is 0 Å². The fourth-order valence-electron chi connectivity index (χ4n) is 2.36. The molecule has 1 unspecified atom stereocenters. The molecule has 0 saturated carbocycles. The van der Waals surface area contributed by atoms with Crippen molar-refractivity contribution in [3.8, 4) is 0 Å². The summed E-state index contributed by atoms with van der Waals surface area (Å²) in [5.74, 6) is 0.188. The Morgan fingerprint density at radius 2 is 2.00 bits per heavy atom. The van der Waals surface area contributed by atoms with Crippen LogP contribution in [-0.4, -0.2) is 43.9 Å². The predicted molar refractivity (Wildman–Crippen MR) is 83.1 cm³/mol. The van der Waals surface area contributed by atoms with Gasteiger partial charge in [0, 0.05) is 26.3 Å². The summed E-state index contributed by atoms with van der Waals surface area (Å²) in [6.45, 7) is 1.75. The van der Waals surface area contributed by atoms with Gasteiger partial charge in [-0.1, -0.05) is 12.1 Å². The molecule has 2 N–H and O–H groups in total. The molecule has 1 saturated heterocycles. The second-order valence-corrected chi connectivity index (χ2v) is 5.69. The van der Waals surface area contributed by atoms with Crippen LogP contribution in [0.3, 0.4) is 0 Å². The van der Waals surface area contributed by atoms with Gasteiger partial charge in [0.2, 0.25) is 11.8 Å². The minimum Gasteiger partial charge on any atom is -0.349 e. The highest BCUT2D eigenvalue weighted by molar-refractivity contribution is 5.92. The molecular weight excluding hydrogens is 266 g/mol. The molecule has 1 aliphatic rings. The Balaban J connectivity index is 1.89. The fraction of sp³-hybridized carbons (Fsp3) is 0.500. The van der Waals surface area contributed by atoms with Crippen LogP contribution in [0.2, 0.25) is 0 Å². The van der Waals surface area contributed by atoms with Gasteiger partial charge in [-0.15, -0.1) is 0 Å². The largest absolute Gasteiger partial charge is 0.349 e. The molecule has 1 aromatic carbocycles. The molecule has 1 aromatic rings. The van der Waals surface area contributed by atoms with Crippen LogP contribution in [0.25, 0.3) is 0 Å². The number of amides is 2. The molecule has 0 radical (unpaired) electrons. The molecule has 1 aliphatic heterocycles. The van der Waals surface area contributed by atoms with Crippen LogP contribution < -0.4 is 10.6 Å². The highest BCUT2D eigenvalue weighted by atomic mass is 16.2. The van der Waals surface area contributed by atoms with E-state index >= 15 is 0 Å². The summed E-state index contributed by atoms with van der Waals surface area (Å²) in [4.78, 5) is 25.3. The Bertz CT molecular complexity index is 491. The smallest absolute Gasteiger partial charge is 0.228 e. The van der Waals surface area contributed by atoms with Crippen molar-refractivity contribution in [1.82, 2.24) is 10.2 Å². The van der Waals surface area contributed by atoms with E-state index in [1.54, 1.807) is 19.0 Å². The second kappa shape index (κ2) is 7.22. The molecule has 0 aliphatic carbocycles. The van der Waals surface area contributed by atoms with Gasteiger partial charge in [0.25, 0.3) is 0 Å². The maximum atomic E-state index is 12.1. The lowest BCUT2D eigenvalue weighted by Gasteiger charge is -2.21. The maximum Gasteiger partial charge on any atom is 0.228 e. The zero-order valence-corrected chi connectivity index (χ0v) is 12.7. The van der Waals surface area contributed by atoms with E-state index in [2.05, 4.69) is 10.6 Å². The standard InChI is InChI=1S/C16H23N3O2/c1-19(2)15(20)10-12-5-7-14(8-6-12)18-16(21)13-4-3-9-17-11-13/h5-8,13,17H,3-4,9-11H2,1-2H3,(H,18,21). The van der Waals surface area contributed by atoms with E-state index in [1.807, 2.05) is 24.3 Å². The lowest BCUT2D eigenvalue weighted by atomic mass is 9.99. The van der Waals surface area contributed by atoms with Gasteiger partial charge >= 0.3 is 0 Å². The molecule has 1 atom stereocenters. The zero-order valence-electron chi connectivity index (χ0n) is 12.7. The Hall–Kier alpha value is -1.88. The number of carbonyl (C=O) groups excluding carboxylic acids is 2. The zero-order chi connectivity index (χ0) is 15.2. The number of hydrogen-bond acceptors (Lipinski definition) is 3. The summed E-state index contributed by atoms with van der Waals surface area (Å²) in [5.41, 5.74) is 1.73. The molecule has 0 bridgehead atoms. The number of anilines is 1. The molecule has 0 spiro atoms. The molecule has 2 amide bonds. The predicted octanol–water partition coefficient (Wildman–Crippen LogP) is 1.26. The normalized spacial score (nSPS) is 18.1. The van der Waals surface area contributed by atoms with Crippen molar-refractivity contribution in [2.45, 2.75) is 19.3 Å². The highest BCUT2D eigenvalue weighted by Gasteiger charge is 2.20. The number of hydrogen-bond donors (Lipinski definition) is 2. The van der Waals surface area contributed by atoms with E-state index in [-0.39, 0.29) is 17.7 Å². The number of carbonyl (C=O) groups is 2. The second-order valence-electron chi connectivity index (χ2n) is 5.69. The first-order valence-electron chi connectivity index (χ1n) is 7.37. The van der Waals surface area contributed by atoms with Gasteiger partial charge in [-0.05, 0) is 37.1 Å². The van der Waals surface area contributed by atoms with E-state index < -0.39 is 0 Å². The minimum absolute atomic E-state index is 0.0498. The molecule has 21 heavy (non-hydrogen) atoms. The summed E-state index contributed by atoms with van der Waals surface area (Å²) < 4.78 is 0. The van der Waals surface area contributed by atoms with Gasteiger partial charge in [-0.3, -0.25) is 9.59 Å². The van der Waals surface area contributed by atoms with Crippen LogP contribution in [0.1, 0.15) is 18.4 Å². The van der Waals surface area contributed by atoms with Crippen molar-refractivity contribution >= 4 is 17.5 Å². The third kappa shape index (κ3) is 4.56. The van der Waals surface area contributed by atoms with Gasteiger partial charge in [0.15, 0.2) is 0 Å². The monoisotopic (exact) mass is 289 g/mol. The molecular formula is C16H23N3O2. The third-order valence-electron chi connectivity index (χ3n) is 3.74. The summed E-state index contributed by atoms with van der Waals surface area (Å²) in [6.07, 6.45) is 2.37. The van der Waals surface area contributed by atoms with Crippen molar-refractivity contribution < 1.29 is 9.59 Å². The van der Waals surface area contributed by atoms with E-state index in [1.165, 1.54) is 0 Å². The third-order valence-corrected chi connectivity index (χ3v) is 3.74. The van der Waals surface area contributed by atoms with E-state index in [0.717, 1.165) is 37.2 Å². The van der Waals surface area contributed by atoms with Crippen molar-refractivity contribution in [3.63, 3.8) is 0 Å². The van der Waals surface area contributed by atoms with Crippen molar-refractivity contribution in [2.24, 2.45) is 5.92 Å². The van der Waals surface area contributed by atoms with Crippen molar-refractivity contribution in [3.05, 3.63) is 29.8 Å². The first-order valence-corrected chi connectivity index (χ1v) is 7.37. The van der Waals surface area contributed by atoms with Crippen molar-refractivity contribution in [2.75, 3.05) is 32.5 Å². The SMILES string of the molecule is CN(C)C(=O)Cc1ccc(NC(=O)C2CCCNC2)cc1. The van der Waals surface area contributed by atoms with Gasteiger partial charge in [0.05, 0.1) is 12.3 Å². The molecule has 1 heterocycles. The fourth-order valence-corrected chi connectivity index (χ4v) is 2.36. The first kappa shape index (κ1) is 15.5. The van der Waals surface area contributed by atoms with E-state index in [9.17, 15) is 9.59 Å². The lowest BCUT2D eigenvalue weighted by Crippen LogP contribution is -2.37. The maximum absolute atomic E-state index is 12.1. The Kier molecular flexibility index (Phi) is 5.33. The average Bonchev–Trinajstić information content (AvgIpc) is 2.50. The van der Waals surface area contributed by atoms with E-state index in [0.29, 0.717) is 6.42 Å². The van der Waals surface area contributed by atoms with Crippen LogP contribution in [-0.2, 0) is 16.0 Å². The van der Waals surface area contributed by atoms with E-state index in [4.69, 9.17) is 0 Å². The topological polar surface area (TPSA) is 61.4 Å². The minimum atomic E-state index is 0.0498. The first-order chi connectivity index (χ1) is 10.1. The molecule has 1 fully saturated rings. The van der Waals surface area contributed by atoms with Crippen LogP contribution in [0.4, 0.5) is 5.69 Å². The number of benzene rings is 1. The van der Waals surface area contributed by atoms with Crippen LogP contribution >= 0.6 is 0 Å². The van der Waals surface area contributed by atoms with Crippen LogP contribution in [0, 0.1) is 5.92 Å². The molecule has 114 valence electrons. The number of nitrogens with one attached hydrogen (secondary N) is 2. The molecule has 2 rings (SSSR count). The Labute approximate surface area is 125 Å².